The summed E-state index contributed by atoms with van der Waals surface area (Å²) in [5.41, 5.74) is 5.04. The van der Waals surface area contributed by atoms with Crippen molar-refractivity contribution in [3.8, 4) is 11.3 Å². The zero-order chi connectivity index (χ0) is 22.9. The molecule has 1 aliphatic rings. The monoisotopic (exact) mass is 471 g/mol. The van der Waals surface area contributed by atoms with E-state index in [1.54, 1.807) is 23.1 Å². The van der Waals surface area contributed by atoms with Crippen molar-refractivity contribution in [2.75, 3.05) is 4.90 Å². The Morgan fingerprint density at radius 2 is 1.58 bits per heavy atom. The van der Waals surface area contributed by atoms with E-state index in [2.05, 4.69) is 0 Å². The number of carbonyl (C=O) groups is 1. The van der Waals surface area contributed by atoms with Gasteiger partial charge in [0.05, 0.1) is 21.4 Å². The third-order valence-electron chi connectivity index (χ3n) is 5.54. The lowest BCUT2D eigenvalue weighted by molar-refractivity contribution is -0.113. The highest BCUT2D eigenvalue weighted by atomic mass is 35.5. The molecule has 3 nitrogen and oxygen atoms in total. The van der Waals surface area contributed by atoms with Gasteiger partial charge in [0.15, 0.2) is 0 Å². The highest BCUT2D eigenvalue weighted by Gasteiger charge is 2.31. The van der Waals surface area contributed by atoms with E-state index < -0.39 is 0 Å². The second-order valence-electron chi connectivity index (χ2n) is 7.75. The van der Waals surface area contributed by atoms with Gasteiger partial charge in [-0.3, -0.25) is 9.69 Å². The topological polar surface area (TPSA) is 33.5 Å². The molecular weight excluding hydrogens is 453 g/mol. The molecule has 0 N–H and O–H groups in total. The number of hydrogen-bond donors (Lipinski definition) is 0. The summed E-state index contributed by atoms with van der Waals surface area (Å²) >= 11 is 12.2. The number of rotatable bonds is 4. The molecule has 2 heterocycles. The zero-order valence-electron chi connectivity index (χ0n) is 17.8. The number of nitrogens with zero attached hydrogens (tertiary/aromatic N) is 1. The van der Waals surface area contributed by atoms with Crippen LogP contribution < -0.4 is 4.90 Å². The first-order chi connectivity index (χ1) is 16.0. The summed E-state index contributed by atoms with van der Waals surface area (Å²) in [4.78, 5) is 15.3. The van der Waals surface area contributed by atoms with Crippen molar-refractivity contribution in [1.29, 1.82) is 0 Å². The molecule has 1 aromatic heterocycles. The Morgan fingerprint density at radius 3 is 2.33 bits per heavy atom. The van der Waals surface area contributed by atoms with E-state index in [4.69, 9.17) is 27.6 Å². The summed E-state index contributed by atoms with van der Waals surface area (Å²) < 4.78 is 6.00. The van der Waals surface area contributed by atoms with Crippen LogP contribution in [-0.4, -0.2) is 5.91 Å². The number of furan rings is 1. The number of anilines is 1. The van der Waals surface area contributed by atoms with Gasteiger partial charge in [-0.05, 0) is 66.6 Å². The first-order valence-corrected chi connectivity index (χ1v) is 11.2. The standard InChI is InChI=1S/C28H19Cl2NO2/c1-18-7-5-6-10-25(18)31-26(19-8-3-2-4-9-19)17-21(28(31)32)15-22-12-14-27(33-22)20-11-13-23(29)24(30)16-20/h2-17H,1H3/b21-15+. The molecule has 0 unspecified atom stereocenters. The Morgan fingerprint density at radius 1 is 0.818 bits per heavy atom. The van der Waals surface area contributed by atoms with Crippen LogP contribution in [0.3, 0.4) is 0 Å². The summed E-state index contributed by atoms with van der Waals surface area (Å²) in [5, 5.41) is 0.946. The fourth-order valence-corrected chi connectivity index (χ4v) is 4.18. The van der Waals surface area contributed by atoms with Crippen LogP contribution in [0.25, 0.3) is 23.1 Å². The summed E-state index contributed by atoms with van der Waals surface area (Å²) in [5.74, 6) is 1.12. The molecule has 0 spiro atoms. The second kappa shape index (κ2) is 8.78. The Kier molecular flexibility index (Phi) is 5.67. The van der Waals surface area contributed by atoms with Gasteiger partial charge >= 0.3 is 0 Å². The van der Waals surface area contributed by atoms with E-state index in [1.807, 2.05) is 85.8 Å². The van der Waals surface area contributed by atoms with E-state index in [0.717, 1.165) is 28.1 Å². The lowest BCUT2D eigenvalue weighted by atomic mass is 10.1. The molecule has 1 aliphatic heterocycles. The quantitative estimate of drug-likeness (QED) is 0.282. The molecule has 162 valence electrons. The SMILES string of the molecule is Cc1ccccc1N1C(=O)/C(=C/c2ccc(-c3ccc(Cl)c(Cl)c3)o2)C=C1c1ccccc1. The van der Waals surface area contributed by atoms with Crippen LogP contribution in [0.5, 0.6) is 0 Å². The van der Waals surface area contributed by atoms with Gasteiger partial charge in [-0.15, -0.1) is 0 Å². The zero-order valence-corrected chi connectivity index (χ0v) is 19.3. The fraction of sp³-hybridized carbons (Fsp3) is 0.0357. The Balaban J connectivity index is 1.55. The molecule has 5 heteroatoms. The van der Waals surface area contributed by atoms with Crippen molar-refractivity contribution in [2.24, 2.45) is 0 Å². The van der Waals surface area contributed by atoms with Crippen LogP contribution >= 0.6 is 23.2 Å². The first-order valence-electron chi connectivity index (χ1n) is 10.5. The van der Waals surface area contributed by atoms with Crippen molar-refractivity contribution < 1.29 is 9.21 Å². The highest BCUT2D eigenvalue weighted by Crippen LogP contribution is 2.37. The molecule has 0 bridgehead atoms. The average molecular weight is 472 g/mol. The van der Waals surface area contributed by atoms with E-state index in [1.165, 1.54) is 0 Å². The Hall–Kier alpha value is -3.53. The number of para-hydroxylation sites is 1. The predicted molar refractivity (Wildman–Crippen MR) is 135 cm³/mol. The van der Waals surface area contributed by atoms with Crippen molar-refractivity contribution in [1.82, 2.24) is 0 Å². The Labute approximate surface area is 202 Å². The third kappa shape index (κ3) is 4.13. The van der Waals surface area contributed by atoms with Gasteiger partial charge in [0.1, 0.15) is 11.5 Å². The summed E-state index contributed by atoms with van der Waals surface area (Å²) in [6.07, 6.45) is 3.68. The first kappa shape index (κ1) is 21.3. The van der Waals surface area contributed by atoms with E-state index >= 15 is 0 Å². The van der Waals surface area contributed by atoms with Crippen molar-refractivity contribution in [3.63, 3.8) is 0 Å². The molecule has 0 saturated carbocycles. The molecule has 5 rings (SSSR count). The molecule has 1 amide bonds. The maximum Gasteiger partial charge on any atom is 0.263 e. The molecule has 33 heavy (non-hydrogen) atoms. The van der Waals surface area contributed by atoms with Crippen molar-refractivity contribution in [2.45, 2.75) is 6.92 Å². The van der Waals surface area contributed by atoms with E-state index in [0.29, 0.717) is 27.1 Å². The number of benzene rings is 3. The van der Waals surface area contributed by atoms with Gasteiger partial charge in [0.25, 0.3) is 5.91 Å². The number of halogens is 2. The maximum absolute atomic E-state index is 13.5. The van der Waals surface area contributed by atoms with Gasteiger partial charge in [-0.2, -0.15) is 0 Å². The molecule has 0 radical (unpaired) electrons. The highest BCUT2D eigenvalue weighted by molar-refractivity contribution is 6.42. The van der Waals surface area contributed by atoms with Crippen LogP contribution in [0.2, 0.25) is 10.0 Å². The molecule has 0 saturated heterocycles. The number of carbonyl (C=O) groups excluding carboxylic acids is 1. The number of hydrogen-bond acceptors (Lipinski definition) is 2. The van der Waals surface area contributed by atoms with Gasteiger partial charge in [-0.25, -0.2) is 0 Å². The molecule has 0 aliphatic carbocycles. The Bertz CT molecular complexity index is 1420. The van der Waals surface area contributed by atoms with E-state index in [9.17, 15) is 4.79 Å². The molecular formula is C28H19Cl2NO2. The smallest absolute Gasteiger partial charge is 0.263 e. The molecule has 0 atom stereocenters. The minimum absolute atomic E-state index is 0.101. The van der Waals surface area contributed by atoms with Gasteiger partial charge in [0, 0.05) is 11.1 Å². The summed E-state index contributed by atoms with van der Waals surface area (Å²) in [6.45, 7) is 2.00. The van der Waals surface area contributed by atoms with E-state index in [-0.39, 0.29) is 5.91 Å². The molecule has 3 aromatic carbocycles. The number of amides is 1. The van der Waals surface area contributed by atoms with Gasteiger partial charge < -0.3 is 4.42 Å². The minimum Gasteiger partial charge on any atom is -0.457 e. The average Bonchev–Trinajstić information content (AvgIpc) is 3.42. The summed E-state index contributed by atoms with van der Waals surface area (Å²) in [6, 6.07) is 26.8. The normalized spacial score (nSPS) is 14.8. The maximum atomic E-state index is 13.5. The lowest BCUT2D eigenvalue weighted by Gasteiger charge is -2.22. The van der Waals surface area contributed by atoms with Crippen LogP contribution in [0.4, 0.5) is 5.69 Å². The lowest BCUT2D eigenvalue weighted by Crippen LogP contribution is -2.25. The van der Waals surface area contributed by atoms with Gasteiger partial charge in [0.2, 0.25) is 0 Å². The largest absolute Gasteiger partial charge is 0.457 e. The van der Waals surface area contributed by atoms with Crippen molar-refractivity contribution in [3.05, 3.63) is 124 Å². The van der Waals surface area contributed by atoms with Gasteiger partial charge in [-0.1, -0.05) is 71.7 Å². The third-order valence-corrected chi connectivity index (χ3v) is 6.28. The van der Waals surface area contributed by atoms with Crippen LogP contribution in [0.1, 0.15) is 16.9 Å². The second-order valence-corrected chi connectivity index (χ2v) is 8.57. The molecule has 0 fully saturated rings. The van der Waals surface area contributed by atoms with Crippen LogP contribution in [-0.2, 0) is 4.79 Å². The minimum atomic E-state index is -0.101. The van der Waals surface area contributed by atoms with Crippen molar-refractivity contribution >= 4 is 46.6 Å². The predicted octanol–water partition coefficient (Wildman–Crippen LogP) is 8.03. The molecule has 4 aromatic rings. The van der Waals surface area contributed by atoms with Crippen LogP contribution in [0, 0.1) is 6.92 Å². The summed E-state index contributed by atoms with van der Waals surface area (Å²) in [7, 11) is 0. The fourth-order valence-electron chi connectivity index (χ4n) is 3.88. The van der Waals surface area contributed by atoms with Crippen LogP contribution in [0.15, 0.2) is 101 Å². The number of aryl methyl sites for hydroxylation is 1.